The molecular formula is C14H19N. The van der Waals surface area contributed by atoms with Crippen LogP contribution >= 0.6 is 0 Å². The molecule has 1 atom stereocenters. The molecule has 0 amide bonds. The summed E-state index contributed by atoms with van der Waals surface area (Å²) in [6, 6.07) is 10.9. The molecule has 0 saturated heterocycles. The van der Waals surface area contributed by atoms with Crippen LogP contribution < -0.4 is 5.32 Å². The number of rotatable bonds is 4. The lowest BCUT2D eigenvalue weighted by molar-refractivity contribution is 0.431. The minimum absolute atomic E-state index is 0.395. The maximum Gasteiger partial charge on any atom is 0.0581 e. The molecule has 0 saturated carbocycles. The van der Waals surface area contributed by atoms with Crippen LogP contribution in [-0.2, 0) is 0 Å². The molecule has 1 rings (SSSR count). The van der Waals surface area contributed by atoms with Crippen molar-refractivity contribution in [2.75, 3.05) is 6.54 Å². The van der Waals surface area contributed by atoms with Crippen LogP contribution in [0.25, 0.3) is 0 Å². The van der Waals surface area contributed by atoms with E-state index in [4.69, 9.17) is 0 Å². The van der Waals surface area contributed by atoms with E-state index in [1.54, 1.807) is 0 Å². The van der Waals surface area contributed by atoms with Gasteiger partial charge in [-0.3, -0.25) is 5.32 Å². The zero-order valence-electron chi connectivity index (χ0n) is 9.75. The van der Waals surface area contributed by atoms with E-state index in [2.05, 4.69) is 55.3 Å². The molecule has 0 aromatic heterocycles. The van der Waals surface area contributed by atoms with Gasteiger partial charge in [0, 0.05) is 6.04 Å². The van der Waals surface area contributed by atoms with Crippen molar-refractivity contribution in [3.05, 3.63) is 35.9 Å². The quantitative estimate of drug-likeness (QED) is 0.738. The van der Waals surface area contributed by atoms with E-state index < -0.39 is 0 Å². The molecule has 1 aromatic rings. The second-order valence-electron chi connectivity index (χ2n) is 3.94. The van der Waals surface area contributed by atoms with Crippen LogP contribution in [0.3, 0.4) is 0 Å². The van der Waals surface area contributed by atoms with Gasteiger partial charge in [-0.05, 0) is 18.4 Å². The molecule has 0 aliphatic rings. The average Bonchev–Trinajstić information content (AvgIpc) is 2.25. The fraction of sp³-hybridized carbons (Fsp3) is 0.429. The van der Waals surface area contributed by atoms with Gasteiger partial charge < -0.3 is 0 Å². The maximum atomic E-state index is 3.46. The highest BCUT2D eigenvalue weighted by Crippen LogP contribution is 2.20. The third-order valence-electron chi connectivity index (χ3n) is 2.41. The fourth-order valence-corrected chi connectivity index (χ4v) is 1.65. The summed E-state index contributed by atoms with van der Waals surface area (Å²) in [4.78, 5) is 0. The summed E-state index contributed by atoms with van der Waals surface area (Å²) in [6.07, 6.45) is 0. The molecule has 1 N–H and O–H groups in total. The average molecular weight is 201 g/mol. The van der Waals surface area contributed by atoms with Crippen molar-refractivity contribution in [2.45, 2.75) is 26.8 Å². The Balaban J connectivity index is 2.69. The summed E-state index contributed by atoms with van der Waals surface area (Å²) < 4.78 is 0. The molecule has 0 heterocycles. The fourth-order valence-electron chi connectivity index (χ4n) is 1.65. The number of hydrogen-bond acceptors (Lipinski definition) is 1. The lowest BCUT2D eigenvalue weighted by Crippen LogP contribution is -2.25. The third kappa shape index (κ3) is 3.77. The molecule has 1 nitrogen and oxygen atoms in total. The van der Waals surface area contributed by atoms with E-state index in [-0.39, 0.29) is 0 Å². The molecule has 0 aliphatic heterocycles. The normalized spacial score (nSPS) is 12.0. The molecule has 0 radical (unpaired) electrons. The number of hydrogen-bond donors (Lipinski definition) is 1. The summed E-state index contributed by atoms with van der Waals surface area (Å²) in [5.74, 6) is 6.52. The predicted molar refractivity (Wildman–Crippen MR) is 65.5 cm³/mol. The lowest BCUT2D eigenvalue weighted by Gasteiger charge is -2.21. The van der Waals surface area contributed by atoms with E-state index in [1.807, 2.05) is 13.0 Å². The topological polar surface area (TPSA) is 12.0 Å². The Bertz CT molecular complexity index is 329. The summed E-state index contributed by atoms with van der Waals surface area (Å²) in [6.45, 7) is 7.08. The summed E-state index contributed by atoms with van der Waals surface area (Å²) in [5, 5.41) is 3.46. The van der Waals surface area contributed by atoms with E-state index in [0.717, 1.165) is 6.54 Å². The summed E-state index contributed by atoms with van der Waals surface area (Å²) >= 11 is 0. The third-order valence-corrected chi connectivity index (χ3v) is 2.41. The smallest absolute Gasteiger partial charge is 0.0581 e. The van der Waals surface area contributed by atoms with E-state index in [9.17, 15) is 0 Å². The van der Waals surface area contributed by atoms with Crippen molar-refractivity contribution in [2.24, 2.45) is 5.92 Å². The molecule has 1 unspecified atom stereocenters. The Labute approximate surface area is 92.9 Å². The van der Waals surface area contributed by atoms with E-state index in [1.165, 1.54) is 5.56 Å². The molecule has 0 aliphatic carbocycles. The van der Waals surface area contributed by atoms with Crippen molar-refractivity contribution >= 4 is 0 Å². The Morgan fingerprint density at radius 1 is 1.20 bits per heavy atom. The predicted octanol–water partition coefficient (Wildman–Crippen LogP) is 3.00. The Morgan fingerprint density at radius 3 is 2.40 bits per heavy atom. The zero-order chi connectivity index (χ0) is 11.1. The van der Waals surface area contributed by atoms with Crippen LogP contribution in [-0.4, -0.2) is 6.54 Å². The van der Waals surface area contributed by atoms with Crippen LogP contribution in [0, 0.1) is 17.8 Å². The highest BCUT2D eigenvalue weighted by molar-refractivity contribution is 5.19. The van der Waals surface area contributed by atoms with Gasteiger partial charge >= 0.3 is 0 Å². The van der Waals surface area contributed by atoms with E-state index in [0.29, 0.717) is 12.0 Å². The van der Waals surface area contributed by atoms with Crippen molar-refractivity contribution in [3.63, 3.8) is 0 Å². The minimum Gasteiger partial charge on any atom is -0.299 e. The second-order valence-corrected chi connectivity index (χ2v) is 3.94. The molecule has 0 spiro atoms. The molecule has 0 bridgehead atoms. The van der Waals surface area contributed by atoms with Crippen molar-refractivity contribution in [1.82, 2.24) is 5.32 Å². The first kappa shape index (κ1) is 11.8. The van der Waals surface area contributed by atoms with Crippen LogP contribution in [0.2, 0.25) is 0 Å². The molecule has 15 heavy (non-hydrogen) atoms. The minimum atomic E-state index is 0.395. The summed E-state index contributed by atoms with van der Waals surface area (Å²) in [5.41, 5.74) is 1.34. The van der Waals surface area contributed by atoms with E-state index >= 15 is 0 Å². The van der Waals surface area contributed by atoms with Crippen LogP contribution in [0.1, 0.15) is 32.4 Å². The van der Waals surface area contributed by atoms with Crippen LogP contribution in [0.5, 0.6) is 0 Å². The number of benzene rings is 1. The standard InChI is InChI=1S/C14H19N/c1-4-5-11-15-14(12(2)3)13-9-7-6-8-10-13/h6-10,12,14-15H,11H2,1-3H3. The monoisotopic (exact) mass is 201 g/mol. The van der Waals surface area contributed by atoms with Gasteiger partial charge in [0.05, 0.1) is 6.54 Å². The largest absolute Gasteiger partial charge is 0.299 e. The second kappa shape index (κ2) is 6.27. The SMILES string of the molecule is CC#CCNC(c1ccccc1)C(C)C. The lowest BCUT2D eigenvalue weighted by atomic mass is 9.96. The highest BCUT2D eigenvalue weighted by atomic mass is 14.9. The highest BCUT2D eigenvalue weighted by Gasteiger charge is 2.13. The molecule has 1 heteroatoms. The van der Waals surface area contributed by atoms with Gasteiger partial charge in [-0.25, -0.2) is 0 Å². The molecule has 1 aromatic carbocycles. The van der Waals surface area contributed by atoms with Gasteiger partial charge in [-0.15, -0.1) is 5.92 Å². The van der Waals surface area contributed by atoms with Gasteiger partial charge in [-0.1, -0.05) is 50.1 Å². The Kier molecular flexibility index (Phi) is 4.93. The van der Waals surface area contributed by atoms with Crippen LogP contribution in [0.4, 0.5) is 0 Å². The molecular weight excluding hydrogens is 182 g/mol. The van der Waals surface area contributed by atoms with Gasteiger partial charge in [0.1, 0.15) is 0 Å². The van der Waals surface area contributed by atoms with Crippen molar-refractivity contribution in [3.8, 4) is 11.8 Å². The number of nitrogens with one attached hydrogen (secondary N) is 1. The first-order valence-corrected chi connectivity index (χ1v) is 5.43. The zero-order valence-corrected chi connectivity index (χ0v) is 9.75. The Hall–Kier alpha value is -1.26. The summed E-state index contributed by atoms with van der Waals surface area (Å²) in [7, 11) is 0. The van der Waals surface area contributed by atoms with Gasteiger partial charge in [0.15, 0.2) is 0 Å². The molecule has 80 valence electrons. The van der Waals surface area contributed by atoms with Gasteiger partial charge in [-0.2, -0.15) is 0 Å². The van der Waals surface area contributed by atoms with Crippen molar-refractivity contribution < 1.29 is 0 Å². The first-order chi connectivity index (χ1) is 7.25. The van der Waals surface area contributed by atoms with Gasteiger partial charge in [0.25, 0.3) is 0 Å². The van der Waals surface area contributed by atoms with Crippen LogP contribution in [0.15, 0.2) is 30.3 Å². The van der Waals surface area contributed by atoms with Crippen molar-refractivity contribution in [1.29, 1.82) is 0 Å². The Morgan fingerprint density at radius 2 is 1.87 bits per heavy atom. The molecule has 0 fully saturated rings. The first-order valence-electron chi connectivity index (χ1n) is 5.43. The maximum absolute atomic E-state index is 3.46. The van der Waals surface area contributed by atoms with Gasteiger partial charge in [0.2, 0.25) is 0 Å².